The van der Waals surface area contributed by atoms with E-state index in [-0.39, 0.29) is 5.91 Å². The van der Waals surface area contributed by atoms with Crippen LogP contribution < -0.4 is 10.6 Å². The number of carbonyl (C=O) groups is 1. The van der Waals surface area contributed by atoms with Crippen LogP contribution in [0.4, 0.5) is 0 Å². The monoisotopic (exact) mass is 211 g/mol. The van der Waals surface area contributed by atoms with E-state index >= 15 is 0 Å². The van der Waals surface area contributed by atoms with Gasteiger partial charge in [-0.3, -0.25) is 4.79 Å². The van der Waals surface area contributed by atoms with Gasteiger partial charge >= 0.3 is 0 Å². The van der Waals surface area contributed by atoms with Gasteiger partial charge < -0.3 is 4.42 Å². The maximum atomic E-state index is 11.8. The van der Waals surface area contributed by atoms with Gasteiger partial charge in [0.15, 0.2) is 0 Å². The molecule has 1 amide bonds. The van der Waals surface area contributed by atoms with Crippen LogP contribution in [0, 0.1) is 5.92 Å². The van der Waals surface area contributed by atoms with Gasteiger partial charge in [-0.2, -0.15) is 0 Å². The third-order valence-corrected chi connectivity index (χ3v) is 3.33. The lowest BCUT2D eigenvalue weighted by Crippen LogP contribution is -2.23. The van der Waals surface area contributed by atoms with Gasteiger partial charge in [-0.1, -0.05) is 0 Å². The van der Waals surface area contributed by atoms with E-state index in [1.165, 1.54) is 0 Å². The topological polar surface area (TPSA) is 42.6 Å². The van der Waals surface area contributed by atoms with Gasteiger partial charge in [0.05, 0.1) is 11.6 Å². The fourth-order valence-corrected chi connectivity index (χ4v) is 2.41. The Hall–Kier alpha value is -1.90. The molecule has 0 unspecified atom stereocenters. The summed E-state index contributed by atoms with van der Waals surface area (Å²) >= 11 is 0. The van der Waals surface area contributed by atoms with E-state index in [4.69, 9.17) is 4.42 Å². The Labute approximate surface area is 91.1 Å². The molecule has 0 atom stereocenters. The molecule has 0 saturated heterocycles. The Morgan fingerprint density at radius 1 is 1.25 bits per heavy atom. The van der Waals surface area contributed by atoms with Crippen molar-refractivity contribution in [2.75, 3.05) is 0 Å². The van der Waals surface area contributed by atoms with Gasteiger partial charge in [-0.05, 0) is 37.0 Å². The number of benzene rings is 1. The summed E-state index contributed by atoms with van der Waals surface area (Å²) in [4.78, 5) is 16.0. The van der Waals surface area contributed by atoms with Crippen LogP contribution in [0.3, 0.4) is 0 Å². The van der Waals surface area contributed by atoms with E-state index in [9.17, 15) is 4.79 Å². The molecule has 2 aliphatic rings. The number of nitrogens with zero attached hydrogens (tertiary/aromatic N) is 1. The lowest BCUT2D eigenvalue weighted by atomic mass is 10.1. The molecular weight excluding hydrogens is 202 g/mol. The van der Waals surface area contributed by atoms with Crippen molar-refractivity contribution in [1.82, 2.24) is 0 Å². The second-order valence-corrected chi connectivity index (χ2v) is 4.40. The average Bonchev–Trinajstić information content (AvgIpc) is 2.89. The third-order valence-electron chi connectivity index (χ3n) is 3.33. The fourth-order valence-electron chi connectivity index (χ4n) is 2.41. The second kappa shape index (κ2) is 2.61. The van der Waals surface area contributed by atoms with Crippen LogP contribution in [0.5, 0.6) is 0 Å². The van der Waals surface area contributed by atoms with Crippen LogP contribution in [0.2, 0.25) is 0 Å². The number of furan rings is 1. The van der Waals surface area contributed by atoms with Crippen molar-refractivity contribution >= 4 is 22.4 Å². The fraction of sp³-hybridized carbons (Fsp3) is 0.231. The molecule has 3 nitrogen and oxygen atoms in total. The maximum Gasteiger partial charge on any atom is 0.274 e. The Morgan fingerprint density at radius 3 is 2.94 bits per heavy atom. The van der Waals surface area contributed by atoms with Crippen LogP contribution in [0.15, 0.2) is 33.9 Å². The maximum absolute atomic E-state index is 11.8. The summed E-state index contributed by atoms with van der Waals surface area (Å²) in [5.74, 6) is 0.396. The highest BCUT2D eigenvalue weighted by atomic mass is 16.3. The highest BCUT2D eigenvalue weighted by Crippen LogP contribution is 2.37. The van der Waals surface area contributed by atoms with Gasteiger partial charge in [-0.25, -0.2) is 4.99 Å². The first-order valence-electron chi connectivity index (χ1n) is 5.48. The van der Waals surface area contributed by atoms with Crippen LogP contribution in [0.25, 0.3) is 16.5 Å². The molecule has 3 heteroatoms. The van der Waals surface area contributed by atoms with Crippen molar-refractivity contribution in [3.63, 3.8) is 0 Å². The molecule has 0 N–H and O–H groups in total. The van der Waals surface area contributed by atoms with Crippen LogP contribution in [-0.4, -0.2) is 5.91 Å². The van der Waals surface area contributed by atoms with E-state index < -0.39 is 0 Å². The van der Waals surface area contributed by atoms with Crippen LogP contribution in [-0.2, 0) is 4.79 Å². The molecule has 16 heavy (non-hydrogen) atoms. The minimum Gasteiger partial charge on any atom is -0.464 e. The van der Waals surface area contributed by atoms with Crippen molar-refractivity contribution < 1.29 is 9.21 Å². The zero-order valence-corrected chi connectivity index (χ0v) is 8.56. The number of hydrogen-bond acceptors (Lipinski definition) is 2. The molecule has 2 heterocycles. The molecule has 1 aromatic heterocycles. The summed E-state index contributed by atoms with van der Waals surface area (Å²) < 4.78 is 5.31. The lowest BCUT2D eigenvalue weighted by Gasteiger charge is -1.93. The quantitative estimate of drug-likeness (QED) is 0.710. The number of carbonyl (C=O) groups excluding carboxylic acids is 1. The normalized spacial score (nSPS) is 19.0. The molecule has 4 rings (SSSR count). The van der Waals surface area contributed by atoms with Gasteiger partial charge in [0.25, 0.3) is 5.91 Å². The Balaban J connectivity index is 2.23. The molecular formula is C13H9NO2. The first kappa shape index (κ1) is 8.28. The van der Waals surface area contributed by atoms with Crippen LogP contribution >= 0.6 is 0 Å². The highest BCUT2D eigenvalue weighted by Gasteiger charge is 2.33. The number of fused-ring (bicyclic) bond motifs is 3. The van der Waals surface area contributed by atoms with Gasteiger partial charge in [0, 0.05) is 16.2 Å². The first-order valence-corrected chi connectivity index (χ1v) is 5.48. The summed E-state index contributed by atoms with van der Waals surface area (Å²) in [6, 6.07) is 5.76. The zero-order valence-electron chi connectivity index (χ0n) is 8.56. The smallest absolute Gasteiger partial charge is 0.274 e. The third kappa shape index (κ3) is 0.927. The SMILES string of the molecule is O=C1N=c2c(ccc3occc23)=C1C1CC1. The van der Waals surface area contributed by atoms with E-state index in [0.29, 0.717) is 5.92 Å². The minimum absolute atomic E-state index is 0.0498. The van der Waals surface area contributed by atoms with Crippen molar-refractivity contribution in [3.8, 4) is 0 Å². The minimum atomic E-state index is -0.0498. The average molecular weight is 211 g/mol. The standard InChI is InChI=1S/C13H9NO2/c15-13-11(7-1-2-7)9-3-4-10-8(5-6-16-10)12(9)14-13/h3-7H,1-2H2. The number of rotatable bonds is 1. The van der Waals surface area contributed by atoms with Crippen molar-refractivity contribution in [1.29, 1.82) is 0 Å². The summed E-state index contributed by atoms with van der Waals surface area (Å²) in [6.07, 6.45) is 3.89. The molecule has 0 radical (unpaired) electrons. The Bertz CT molecular complexity index is 735. The molecule has 2 aromatic rings. The summed E-state index contributed by atoms with van der Waals surface area (Å²) in [5, 5.41) is 2.76. The van der Waals surface area contributed by atoms with Gasteiger partial charge in [-0.15, -0.1) is 0 Å². The summed E-state index contributed by atoms with van der Waals surface area (Å²) in [5.41, 5.74) is 1.71. The first-order chi connectivity index (χ1) is 7.84. The van der Waals surface area contributed by atoms with Gasteiger partial charge in [0.2, 0.25) is 0 Å². The van der Waals surface area contributed by atoms with Crippen LogP contribution in [0.1, 0.15) is 12.8 Å². The van der Waals surface area contributed by atoms with E-state index in [2.05, 4.69) is 4.99 Å². The molecule has 0 spiro atoms. The Morgan fingerprint density at radius 2 is 2.12 bits per heavy atom. The van der Waals surface area contributed by atoms with E-state index in [1.54, 1.807) is 6.26 Å². The molecule has 1 aliphatic heterocycles. The van der Waals surface area contributed by atoms with E-state index in [0.717, 1.165) is 40.0 Å². The predicted molar refractivity (Wildman–Crippen MR) is 58.1 cm³/mol. The molecule has 0 bridgehead atoms. The predicted octanol–water partition coefficient (Wildman–Crippen LogP) is 1.15. The Kier molecular flexibility index (Phi) is 1.35. The molecule has 1 aliphatic carbocycles. The largest absolute Gasteiger partial charge is 0.464 e. The molecule has 1 fully saturated rings. The molecule has 78 valence electrons. The van der Waals surface area contributed by atoms with Crippen molar-refractivity contribution in [2.45, 2.75) is 12.8 Å². The van der Waals surface area contributed by atoms with Gasteiger partial charge in [0.1, 0.15) is 5.58 Å². The lowest BCUT2D eigenvalue weighted by molar-refractivity contribution is -0.112. The summed E-state index contributed by atoms with van der Waals surface area (Å²) in [7, 11) is 0. The molecule has 1 aromatic carbocycles. The van der Waals surface area contributed by atoms with E-state index in [1.807, 2.05) is 18.2 Å². The number of amides is 1. The second-order valence-electron chi connectivity index (χ2n) is 4.40. The van der Waals surface area contributed by atoms with Crippen molar-refractivity contribution in [2.24, 2.45) is 10.9 Å². The zero-order chi connectivity index (χ0) is 10.7. The number of hydrogen-bond donors (Lipinski definition) is 0. The molecule has 1 saturated carbocycles. The highest BCUT2D eigenvalue weighted by molar-refractivity contribution is 6.17. The van der Waals surface area contributed by atoms with Crippen molar-refractivity contribution in [3.05, 3.63) is 35.0 Å². The summed E-state index contributed by atoms with van der Waals surface area (Å²) in [6.45, 7) is 0.